The second-order valence-corrected chi connectivity index (χ2v) is 6.02. The van der Waals surface area contributed by atoms with Crippen LogP contribution in [-0.4, -0.2) is 26.5 Å². The van der Waals surface area contributed by atoms with Gasteiger partial charge in [-0.1, -0.05) is 24.6 Å². The molecule has 1 N–H and O–H groups in total. The van der Waals surface area contributed by atoms with Crippen LogP contribution in [0.2, 0.25) is 0 Å². The van der Waals surface area contributed by atoms with Gasteiger partial charge < -0.3 is 10.1 Å². The molecule has 1 aromatic carbocycles. The number of carbonyl (C=O) groups is 1. The van der Waals surface area contributed by atoms with Crippen molar-refractivity contribution >= 4 is 5.78 Å². The summed E-state index contributed by atoms with van der Waals surface area (Å²) in [5.41, 5.74) is 3.70. The lowest BCUT2D eigenvalue weighted by Crippen LogP contribution is -2.07. The summed E-state index contributed by atoms with van der Waals surface area (Å²) in [7, 11) is 3.69. The van der Waals surface area contributed by atoms with Gasteiger partial charge in [0.25, 0.3) is 0 Å². The Morgan fingerprint density at radius 2 is 2.00 bits per heavy atom. The molecule has 1 unspecified atom stereocenters. The van der Waals surface area contributed by atoms with Crippen LogP contribution in [0.3, 0.4) is 0 Å². The van der Waals surface area contributed by atoms with Crippen LogP contribution in [0.15, 0.2) is 18.2 Å². The first-order chi connectivity index (χ1) is 10.6. The van der Waals surface area contributed by atoms with E-state index in [1.54, 1.807) is 7.11 Å². The van der Waals surface area contributed by atoms with Gasteiger partial charge in [-0.05, 0) is 63.4 Å². The van der Waals surface area contributed by atoms with Crippen molar-refractivity contribution in [3.8, 4) is 0 Å². The van der Waals surface area contributed by atoms with E-state index in [4.69, 9.17) is 4.74 Å². The molecular formula is C19H31NO2. The lowest BCUT2D eigenvalue weighted by molar-refractivity contribution is -0.119. The largest absolute Gasteiger partial charge is 0.377 e. The summed E-state index contributed by atoms with van der Waals surface area (Å²) in [4.78, 5) is 12.0. The number of nitrogens with one attached hydrogen (secondary N) is 1. The average Bonchev–Trinajstić information content (AvgIpc) is 2.53. The molecule has 0 aliphatic heterocycles. The molecule has 3 heteroatoms. The highest BCUT2D eigenvalue weighted by Crippen LogP contribution is 2.22. The standard InChI is InChI=1S/C19H31NO2/c1-15-9-10-17(14-19(15)16(2)22-4)11-12-18(21)8-6-5-7-13-20-3/h9-10,14,16,20H,5-8,11-13H2,1-4H3. The van der Waals surface area contributed by atoms with E-state index in [0.717, 1.165) is 38.6 Å². The van der Waals surface area contributed by atoms with E-state index in [1.807, 2.05) is 7.05 Å². The van der Waals surface area contributed by atoms with E-state index in [-0.39, 0.29) is 6.10 Å². The van der Waals surface area contributed by atoms with E-state index in [9.17, 15) is 4.79 Å². The minimum Gasteiger partial charge on any atom is -0.377 e. The van der Waals surface area contributed by atoms with Crippen LogP contribution >= 0.6 is 0 Å². The Kier molecular flexibility index (Phi) is 9.02. The Morgan fingerprint density at radius 3 is 2.68 bits per heavy atom. The fourth-order valence-electron chi connectivity index (χ4n) is 2.62. The van der Waals surface area contributed by atoms with E-state index < -0.39 is 0 Å². The first-order valence-electron chi connectivity index (χ1n) is 8.37. The van der Waals surface area contributed by atoms with Gasteiger partial charge in [0.2, 0.25) is 0 Å². The minimum absolute atomic E-state index is 0.0998. The fourth-order valence-corrected chi connectivity index (χ4v) is 2.62. The SMILES string of the molecule is CNCCCCCC(=O)CCc1ccc(C)c(C(C)OC)c1. The molecule has 1 aromatic rings. The van der Waals surface area contributed by atoms with Crippen molar-refractivity contribution in [2.24, 2.45) is 0 Å². The Balaban J connectivity index is 2.39. The maximum atomic E-state index is 12.0. The van der Waals surface area contributed by atoms with Crippen LogP contribution in [0, 0.1) is 6.92 Å². The summed E-state index contributed by atoms with van der Waals surface area (Å²) in [5, 5.41) is 3.13. The molecule has 0 bridgehead atoms. The van der Waals surface area contributed by atoms with Crippen molar-refractivity contribution < 1.29 is 9.53 Å². The minimum atomic E-state index is 0.0998. The van der Waals surface area contributed by atoms with Gasteiger partial charge in [-0.2, -0.15) is 0 Å². The Labute approximate surface area is 135 Å². The molecule has 22 heavy (non-hydrogen) atoms. The monoisotopic (exact) mass is 305 g/mol. The predicted octanol–water partition coefficient (Wildman–Crippen LogP) is 3.98. The molecule has 0 aromatic heterocycles. The fraction of sp³-hybridized carbons (Fsp3) is 0.632. The first-order valence-corrected chi connectivity index (χ1v) is 8.37. The second-order valence-electron chi connectivity index (χ2n) is 6.02. The van der Waals surface area contributed by atoms with Crippen molar-refractivity contribution in [1.82, 2.24) is 5.32 Å². The number of carbonyl (C=O) groups excluding carboxylic acids is 1. The topological polar surface area (TPSA) is 38.3 Å². The highest BCUT2D eigenvalue weighted by Gasteiger charge is 2.09. The Morgan fingerprint density at radius 1 is 1.23 bits per heavy atom. The number of rotatable bonds is 11. The van der Waals surface area contributed by atoms with E-state index in [1.165, 1.54) is 16.7 Å². The van der Waals surface area contributed by atoms with Gasteiger partial charge in [0.05, 0.1) is 6.10 Å². The average molecular weight is 305 g/mol. The molecule has 0 radical (unpaired) electrons. The summed E-state index contributed by atoms with van der Waals surface area (Å²) in [6, 6.07) is 6.44. The summed E-state index contributed by atoms with van der Waals surface area (Å²) in [6.07, 6.45) is 5.60. The normalized spacial score (nSPS) is 12.4. The molecule has 0 aliphatic rings. The Bertz CT molecular complexity index is 457. The molecule has 124 valence electrons. The zero-order valence-corrected chi connectivity index (χ0v) is 14.6. The molecule has 3 nitrogen and oxygen atoms in total. The number of ether oxygens (including phenoxy) is 1. The number of aryl methyl sites for hydroxylation is 2. The van der Waals surface area contributed by atoms with Crippen molar-refractivity contribution in [3.05, 3.63) is 34.9 Å². The number of hydrogen-bond acceptors (Lipinski definition) is 3. The molecule has 1 atom stereocenters. The van der Waals surface area contributed by atoms with Crippen molar-refractivity contribution in [1.29, 1.82) is 0 Å². The highest BCUT2D eigenvalue weighted by atomic mass is 16.5. The quantitative estimate of drug-likeness (QED) is 0.628. The lowest BCUT2D eigenvalue weighted by atomic mass is 9.97. The third-order valence-electron chi connectivity index (χ3n) is 4.21. The van der Waals surface area contributed by atoms with E-state index in [0.29, 0.717) is 12.2 Å². The highest BCUT2D eigenvalue weighted by molar-refractivity contribution is 5.78. The van der Waals surface area contributed by atoms with Crippen LogP contribution in [0.4, 0.5) is 0 Å². The maximum absolute atomic E-state index is 12.0. The van der Waals surface area contributed by atoms with Crippen LogP contribution < -0.4 is 5.32 Å². The van der Waals surface area contributed by atoms with Crippen LogP contribution in [-0.2, 0) is 16.0 Å². The van der Waals surface area contributed by atoms with E-state index >= 15 is 0 Å². The maximum Gasteiger partial charge on any atom is 0.133 e. The van der Waals surface area contributed by atoms with Gasteiger partial charge in [0.15, 0.2) is 0 Å². The zero-order valence-electron chi connectivity index (χ0n) is 14.6. The van der Waals surface area contributed by atoms with Crippen LogP contribution in [0.5, 0.6) is 0 Å². The molecule has 0 spiro atoms. The number of hydrogen-bond donors (Lipinski definition) is 1. The van der Waals surface area contributed by atoms with Gasteiger partial charge in [0, 0.05) is 20.0 Å². The number of methoxy groups -OCH3 is 1. The number of ketones is 1. The van der Waals surface area contributed by atoms with Gasteiger partial charge in [0.1, 0.15) is 5.78 Å². The summed E-state index contributed by atoms with van der Waals surface area (Å²) >= 11 is 0. The summed E-state index contributed by atoms with van der Waals surface area (Å²) in [5.74, 6) is 0.381. The molecule has 0 fully saturated rings. The summed E-state index contributed by atoms with van der Waals surface area (Å²) < 4.78 is 5.41. The molecule has 0 aliphatic carbocycles. The molecular weight excluding hydrogens is 274 g/mol. The second kappa shape index (κ2) is 10.5. The number of unbranched alkanes of at least 4 members (excludes halogenated alkanes) is 2. The molecule has 0 amide bonds. The van der Waals surface area contributed by atoms with Crippen LogP contribution in [0.25, 0.3) is 0 Å². The number of benzene rings is 1. The van der Waals surface area contributed by atoms with Gasteiger partial charge >= 0.3 is 0 Å². The van der Waals surface area contributed by atoms with Gasteiger partial charge in [-0.3, -0.25) is 4.79 Å². The predicted molar refractivity (Wildman–Crippen MR) is 92.3 cm³/mol. The lowest BCUT2D eigenvalue weighted by Gasteiger charge is -2.14. The van der Waals surface area contributed by atoms with E-state index in [2.05, 4.69) is 37.4 Å². The molecule has 0 saturated heterocycles. The Hall–Kier alpha value is -1.19. The summed E-state index contributed by atoms with van der Waals surface area (Å²) in [6.45, 7) is 5.20. The molecule has 1 rings (SSSR count). The first kappa shape index (κ1) is 18.9. The van der Waals surface area contributed by atoms with Crippen molar-refractivity contribution in [2.45, 2.75) is 58.5 Å². The van der Waals surface area contributed by atoms with Gasteiger partial charge in [-0.15, -0.1) is 0 Å². The third kappa shape index (κ3) is 6.71. The van der Waals surface area contributed by atoms with Crippen molar-refractivity contribution in [3.63, 3.8) is 0 Å². The molecule has 0 heterocycles. The zero-order chi connectivity index (χ0) is 16.4. The smallest absolute Gasteiger partial charge is 0.133 e. The number of Topliss-reactive ketones (excluding diaryl/α,β-unsaturated/α-hetero) is 1. The van der Waals surface area contributed by atoms with Gasteiger partial charge in [-0.25, -0.2) is 0 Å². The third-order valence-corrected chi connectivity index (χ3v) is 4.21. The van der Waals surface area contributed by atoms with Crippen LogP contribution in [0.1, 0.15) is 61.8 Å². The molecule has 0 saturated carbocycles. The van der Waals surface area contributed by atoms with Crippen molar-refractivity contribution in [2.75, 3.05) is 20.7 Å².